The van der Waals surface area contributed by atoms with Gasteiger partial charge in [-0.3, -0.25) is 0 Å². The first kappa shape index (κ1) is 12.6. The van der Waals surface area contributed by atoms with Crippen LogP contribution in [0.25, 0.3) is 10.9 Å². The van der Waals surface area contributed by atoms with Gasteiger partial charge < -0.3 is 15.4 Å². The van der Waals surface area contributed by atoms with Crippen LogP contribution in [-0.4, -0.2) is 22.2 Å². The van der Waals surface area contributed by atoms with E-state index < -0.39 is 5.97 Å². The lowest BCUT2D eigenvalue weighted by molar-refractivity contribution is 0.0699. The second-order valence-corrected chi connectivity index (χ2v) is 4.39. The number of benzene rings is 1. The minimum absolute atomic E-state index is 0.366. The number of carbonyl (C=O) groups is 1. The van der Waals surface area contributed by atoms with Crippen LogP contribution >= 0.6 is 0 Å². The number of hydrogen-bond donors (Lipinski definition) is 2. The summed E-state index contributed by atoms with van der Waals surface area (Å²) in [4.78, 5) is 11.3. The van der Waals surface area contributed by atoms with Crippen molar-refractivity contribution in [1.29, 1.82) is 0 Å². The predicted octanol–water partition coefficient (Wildman–Crippen LogP) is 2.25. The van der Waals surface area contributed by atoms with Crippen molar-refractivity contribution >= 4 is 16.9 Å². The Morgan fingerprint density at radius 2 is 2.22 bits per heavy atom. The van der Waals surface area contributed by atoms with Gasteiger partial charge in [0.05, 0.1) is 5.56 Å². The van der Waals surface area contributed by atoms with Crippen LogP contribution in [0.1, 0.15) is 29.3 Å². The van der Waals surface area contributed by atoms with Gasteiger partial charge >= 0.3 is 5.97 Å². The molecule has 4 heteroatoms. The monoisotopic (exact) mass is 246 g/mol. The van der Waals surface area contributed by atoms with E-state index in [-0.39, 0.29) is 0 Å². The Bertz CT molecular complexity index is 572. The molecule has 0 amide bonds. The lowest BCUT2D eigenvalue weighted by Gasteiger charge is -2.03. The lowest BCUT2D eigenvalue weighted by Crippen LogP contribution is -2.04. The average Bonchev–Trinajstić information content (AvgIpc) is 2.69. The summed E-state index contributed by atoms with van der Waals surface area (Å²) in [6.07, 6.45) is 3.76. The van der Waals surface area contributed by atoms with Gasteiger partial charge in [-0.05, 0) is 37.1 Å². The molecule has 0 radical (unpaired) electrons. The third kappa shape index (κ3) is 2.11. The van der Waals surface area contributed by atoms with Gasteiger partial charge in [-0.2, -0.15) is 0 Å². The van der Waals surface area contributed by atoms with E-state index >= 15 is 0 Å². The number of fused-ring (bicyclic) bond motifs is 1. The number of carboxylic acid groups (broad SMARTS) is 1. The van der Waals surface area contributed by atoms with Crippen LogP contribution in [0.5, 0.6) is 0 Å². The van der Waals surface area contributed by atoms with Crippen LogP contribution < -0.4 is 5.73 Å². The van der Waals surface area contributed by atoms with Crippen LogP contribution in [0, 0.1) is 0 Å². The molecule has 2 aromatic rings. The van der Waals surface area contributed by atoms with Gasteiger partial charge in [0, 0.05) is 23.6 Å². The van der Waals surface area contributed by atoms with E-state index in [1.807, 2.05) is 12.3 Å². The van der Waals surface area contributed by atoms with Gasteiger partial charge in [0.25, 0.3) is 0 Å². The fraction of sp³-hybridized carbons (Fsp3) is 0.357. The van der Waals surface area contributed by atoms with Gasteiger partial charge in [0.2, 0.25) is 0 Å². The maximum Gasteiger partial charge on any atom is 0.336 e. The Labute approximate surface area is 106 Å². The first-order chi connectivity index (χ1) is 8.69. The highest BCUT2D eigenvalue weighted by atomic mass is 16.4. The molecule has 0 saturated heterocycles. The summed E-state index contributed by atoms with van der Waals surface area (Å²) in [6.45, 7) is 3.53. The van der Waals surface area contributed by atoms with E-state index in [0.717, 1.165) is 29.4 Å². The molecule has 4 nitrogen and oxygen atoms in total. The number of aromatic nitrogens is 1. The Morgan fingerprint density at radius 3 is 2.83 bits per heavy atom. The Hall–Kier alpha value is -1.81. The first-order valence-corrected chi connectivity index (χ1v) is 6.23. The highest BCUT2D eigenvalue weighted by Crippen LogP contribution is 2.26. The molecule has 0 aliphatic rings. The molecule has 0 spiro atoms. The lowest BCUT2D eigenvalue weighted by atomic mass is 10.0. The van der Waals surface area contributed by atoms with Crippen LogP contribution in [0.2, 0.25) is 0 Å². The molecule has 0 fully saturated rings. The highest BCUT2D eigenvalue weighted by Gasteiger charge is 2.15. The van der Waals surface area contributed by atoms with Crippen molar-refractivity contribution in [3.63, 3.8) is 0 Å². The van der Waals surface area contributed by atoms with Crippen LogP contribution in [0.4, 0.5) is 0 Å². The fourth-order valence-electron chi connectivity index (χ4n) is 2.39. The maximum atomic E-state index is 11.3. The van der Waals surface area contributed by atoms with Gasteiger partial charge in [0.15, 0.2) is 0 Å². The summed E-state index contributed by atoms with van der Waals surface area (Å²) in [5.74, 6) is -0.881. The van der Waals surface area contributed by atoms with Crippen molar-refractivity contribution in [3.05, 3.63) is 35.5 Å². The van der Waals surface area contributed by atoms with Crippen LogP contribution in [0.15, 0.2) is 24.4 Å². The Balaban J connectivity index is 2.70. The summed E-state index contributed by atoms with van der Waals surface area (Å²) in [6, 6.07) is 5.42. The van der Waals surface area contributed by atoms with Crippen molar-refractivity contribution < 1.29 is 9.90 Å². The number of hydrogen-bond acceptors (Lipinski definition) is 2. The molecule has 0 saturated carbocycles. The van der Waals surface area contributed by atoms with E-state index in [4.69, 9.17) is 5.73 Å². The van der Waals surface area contributed by atoms with E-state index in [0.29, 0.717) is 18.5 Å². The molecule has 2 rings (SSSR count). The van der Waals surface area contributed by atoms with Crippen molar-refractivity contribution in [2.75, 3.05) is 6.54 Å². The van der Waals surface area contributed by atoms with E-state index in [1.165, 1.54) is 0 Å². The predicted molar refractivity (Wildman–Crippen MR) is 71.9 cm³/mol. The van der Waals surface area contributed by atoms with E-state index in [9.17, 15) is 9.90 Å². The second-order valence-electron chi connectivity index (χ2n) is 4.39. The summed E-state index contributed by atoms with van der Waals surface area (Å²) in [5.41, 5.74) is 7.98. The second kappa shape index (κ2) is 5.23. The van der Waals surface area contributed by atoms with Gasteiger partial charge in [-0.15, -0.1) is 0 Å². The smallest absolute Gasteiger partial charge is 0.336 e. The van der Waals surface area contributed by atoms with E-state index in [1.54, 1.807) is 12.1 Å². The van der Waals surface area contributed by atoms with Crippen molar-refractivity contribution in [3.8, 4) is 0 Å². The molecule has 18 heavy (non-hydrogen) atoms. The third-order valence-electron chi connectivity index (χ3n) is 3.09. The van der Waals surface area contributed by atoms with E-state index in [2.05, 4.69) is 11.5 Å². The summed E-state index contributed by atoms with van der Waals surface area (Å²) >= 11 is 0. The van der Waals surface area contributed by atoms with Crippen LogP contribution in [-0.2, 0) is 13.0 Å². The number of nitrogens with two attached hydrogens (primary N) is 1. The first-order valence-electron chi connectivity index (χ1n) is 6.23. The SMILES string of the molecule is CCCn1cc(CCN)c2c(C(=O)O)cccc21. The van der Waals surface area contributed by atoms with Crippen LogP contribution in [0.3, 0.4) is 0 Å². The molecular weight excluding hydrogens is 228 g/mol. The van der Waals surface area contributed by atoms with Gasteiger partial charge in [-0.1, -0.05) is 13.0 Å². The number of aromatic carboxylic acids is 1. The number of carboxylic acids is 1. The highest BCUT2D eigenvalue weighted by molar-refractivity contribution is 6.04. The molecule has 3 N–H and O–H groups in total. The number of aryl methyl sites for hydroxylation is 1. The van der Waals surface area contributed by atoms with Gasteiger partial charge in [0.1, 0.15) is 0 Å². The molecule has 96 valence electrons. The average molecular weight is 246 g/mol. The standard InChI is InChI=1S/C14H18N2O2/c1-2-8-16-9-10(6-7-15)13-11(14(17)18)4-3-5-12(13)16/h3-5,9H,2,6-8,15H2,1H3,(H,17,18). The minimum Gasteiger partial charge on any atom is -0.478 e. The molecule has 0 atom stereocenters. The summed E-state index contributed by atoms with van der Waals surface area (Å²) in [5, 5.41) is 10.1. The van der Waals surface area contributed by atoms with Crippen molar-refractivity contribution in [2.24, 2.45) is 5.73 Å². The molecule has 0 aliphatic heterocycles. The molecule has 0 aliphatic carbocycles. The normalized spacial score (nSPS) is 11.0. The Morgan fingerprint density at radius 1 is 1.44 bits per heavy atom. The van der Waals surface area contributed by atoms with Crippen molar-refractivity contribution in [1.82, 2.24) is 4.57 Å². The zero-order valence-corrected chi connectivity index (χ0v) is 10.5. The number of rotatable bonds is 5. The summed E-state index contributed by atoms with van der Waals surface area (Å²) < 4.78 is 2.12. The molecule has 0 unspecified atom stereocenters. The quantitative estimate of drug-likeness (QED) is 0.850. The maximum absolute atomic E-state index is 11.3. The number of nitrogens with zero attached hydrogens (tertiary/aromatic N) is 1. The van der Waals surface area contributed by atoms with Gasteiger partial charge in [-0.25, -0.2) is 4.79 Å². The zero-order chi connectivity index (χ0) is 13.1. The third-order valence-corrected chi connectivity index (χ3v) is 3.09. The largest absolute Gasteiger partial charge is 0.478 e. The summed E-state index contributed by atoms with van der Waals surface area (Å²) in [7, 11) is 0. The van der Waals surface area contributed by atoms with Crippen molar-refractivity contribution in [2.45, 2.75) is 26.3 Å². The zero-order valence-electron chi connectivity index (χ0n) is 10.5. The minimum atomic E-state index is -0.881. The topological polar surface area (TPSA) is 68.2 Å². The fourth-order valence-corrected chi connectivity index (χ4v) is 2.39. The molecule has 1 aromatic heterocycles. The molecule has 0 bridgehead atoms. The molecule has 1 heterocycles. The molecule has 1 aromatic carbocycles. The Kier molecular flexibility index (Phi) is 3.67. The molecular formula is C14H18N2O2.